The summed E-state index contributed by atoms with van der Waals surface area (Å²) >= 11 is 0. The lowest BCUT2D eigenvalue weighted by Crippen LogP contribution is -2.26. The van der Waals surface area contributed by atoms with Crippen LogP contribution in [-0.2, 0) is 19.1 Å². The van der Waals surface area contributed by atoms with Crippen LogP contribution in [0.2, 0.25) is 0 Å². The highest BCUT2D eigenvalue weighted by atomic mass is 16.5. The quantitative estimate of drug-likeness (QED) is 0.519. The van der Waals surface area contributed by atoms with Crippen LogP contribution < -0.4 is 0 Å². The van der Waals surface area contributed by atoms with Crippen LogP contribution >= 0.6 is 0 Å². The molecule has 1 atom stereocenters. The summed E-state index contributed by atoms with van der Waals surface area (Å²) in [5, 5.41) is 0. The van der Waals surface area contributed by atoms with Gasteiger partial charge in [-0.15, -0.1) is 0 Å². The molecule has 0 fully saturated rings. The van der Waals surface area contributed by atoms with Crippen molar-refractivity contribution < 1.29 is 19.1 Å². The fraction of sp³-hybridized carbons (Fsp3) is 0.714. The Balaban J connectivity index is 5.02. The van der Waals surface area contributed by atoms with E-state index < -0.39 is 11.9 Å². The van der Waals surface area contributed by atoms with Gasteiger partial charge in [0.25, 0.3) is 0 Å². The lowest BCUT2D eigenvalue weighted by Gasteiger charge is -2.19. The Morgan fingerprint density at radius 2 is 1.67 bits per heavy atom. The largest absolute Gasteiger partial charge is 0.466 e. The molecular formula is C14H24O4. The number of carbonyl (C=O) groups excluding carboxylic acids is 2. The molecule has 0 saturated carbocycles. The maximum Gasteiger partial charge on any atom is 0.334 e. The molecule has 0 radical (unpaired) electrons. The van der Waals surface area contributed by atoms with E-state index >= 15 is 0 Å². The lowest BCUT2D eigenvalue weighted by atomic mass is 9.90. The van der Waals surface area contributed by atoms with Gasteiger partial charge < -0.3 is 9.47 Å². The molecule has 18 heavy (non-hydrogen) atoms. The summed E-state index contributed by atoms with van der Waals surface area (Å²) in [6.07, 6.45) is 2.22. The average Bonchev–Trinajstić information content (AvgIpc) is 2.28. The zero-order chi connectivity index (χ0) is 14.1. The second-order valence-electron chi connectivity index (χ2n) is 4.40. The van der Waals surface area contributed by atoms with Crippen LogP contribution in [-0.4, -0.2) is 25.2 Å². The Morgan fingerprint density at radius 3 is 2.06 bits per heavy atom. The Labute approximate surface area is 109 Å². The Hall–Kier alpha value is -1.32. The van der Waals surface area contributed by atoms with Gasteiger partial charge in [0.15, 0.2) is 0 Å². The van der Waals surface area contributed by atoms with Crippen LogP contribution in [0.15, 0.2) is 11.6 Å². The molecular weight excluding hydrogens is 232 g/mol. The summed E-state index contributed by atoms with van der Waals surface area (Å²) in [5.74, 6) is -1.02. The van der Waals surface area contributed by atoms with E-state index in [1.165, 1.54) is 0 Å². The van der Waals surface area contributed by atoms with Gasteiger partial charge in [0.2, 0.25) is 0 Å². The molecule has 0 aliphatic heterocycles. The fourth-order valence-corrected chi connectivity index (χ4v) is 1.74. The van der Waals surface area contributed by atoms with Gasteiger partial charge in [-0.25, -0.2) is 4.79 Å². The van der Waals surface area contributed by atoms with Crippen LogP contribution in [0.1, 0.15) is 41.0 Å². The molecule has 0 amide bonds. The summed E-state index contributed by atoms with van der Waals surface area (Å²) < 4.78 is 10.00. The molecule has 0 spiro atoms. The minimum Gasteiger partial charge on any atom is -0.466 e. The molecule has 0 saturated heterocycles. The summed E-state index contributed by atoms with van der Waals surface area (Å²) in [7, 11) is 0. The second-order valence-corrected chi connectivity index (χ2v) is 4.40. The smallest absolute Gasteiger partial charge is 0.334 e. The third-order valence-electron chi connectivity index (χ3n) is 2.48. The number of carbonyl (C=O) groups is 2. The number of hydrogen-bond acceptors (Lipinski definition) is 4. The first-order valence-corrected chi connectivity index (χ1v) is 6.47. The molecule has 0 heterocycles. The summed E-state index contributed by atoms with van der Waals surface area (Å²) in [4.78, 5) is 23.7. The van der Waals surface area contributed by atoms with E-state index in [4.69, 9.17) is 9.47 Å². The Kier molecular flexibility index (Phi) is 8.08. The molecule has 0 aromatic carbocycles. The molecule has 1 unspecified atom stereocenters. The van der Waals surface area contributed by atoms with Crippen molar-refractivity contribution >= 4 is 11.9 Å². The highest BCUT2D eigenvalue weighted by Gasteiger charge is 2.29. The van der Waals surface area contributed by atoms with Crippen molar-refractivity contribution in [1.29, 1.82) is 0 Å². The molecule has 0 aliphatic rings. The lowest BCUT2D eigenvalue weighted by molar-refractivity contribution is -0.150. The van der Waals surface area contributed by atoms with Crippen molar-refractivity contribution in [2.45, 2.75) is 41.0 Å². The molecule has 0 aliphatic carbocycles. The second kappa shape index (κ2) is 8.72. The zero-order valence-corrected chi connectivity index (χ0v) is 12.0. The van der Waals surface area contributed by atoms with Crippen molar-refractivity contribution in [2.75, 3.05) is 13.2 Å². The normalized spacial score (nSPS) is 13.3. The van der Waals surface area contributed by atoms with Gasteiger partial charge in [-0.2, -0.15) is 0 Å². The van der Waals surface area contributed by atoms with Crippen LogP contribution in [0.3, 0.4) is 0 Å². The third kappa shape index (κ3) is 5.34. The Morgan fingerprint density at radius 1 is 1.11 bits per heavy atom. The highest BCUT2D eigenvalue weighted by Crippen LogP contribution is 2.23. The fourth-order valence-electron chi connectivity index (χ4n) is 1.74. The maximum absolute atomic E-state index is 11.9. The minimum atomic E-state index is -0.533. The number of hydrogen-bond donors (Lipinski definition) is 0. The Bertz CT molecular complexity index is 305. The predicted molar refractivity (Wildman–Crippen MR) is 70.0 cm³/mol. The van der Waals surface area contributed by atoms with E-state index in [-0.39, 0.29) is 5.97 Å². The average molecular weight is 256 g/mol. The molecule has 104 valence electrons. The number of allylic oxidation sites excluding steroid dienone is 1. The van der Waals surface area contributed by atoms with Crippen LogP contribution in [0, 0.1) is 11.8 Å². The van der Waals surface area contributed by atoms with E-state index in [1.54, 1.807) is 26.8 Å². The van der Waals surface area contributed by atoms with Crippen LogP contribution in [0.5, 0.6) is 0 Å². The molecule has 0 bridgehead atoms. The SMILES string of the molecule is CC=C(C(=O)OCC)C(CC(C)C)C(=O)OCC. The van der Waals surface area contributed by atoms with Gasteiger partial charge in [0.1, 0.15) is 0 Å². The van der Waals surface area contributed by atoms with E-state index in [0.717, 1.165) is 0 Å². The van der Waals surface area contributed by atoms with Crippen molar-refractivity contribution in [3.8, 4) is 0 Å². The van der Waals surface area contributed by atoms with Gasteiger partial charge in [-0.3, -0.25) is 4.79 Å². The van der Waals surface area contributed by atoms with E-state index in [1.807, 2.05) is 13.8 Å². The van der Waals surface area contributed by atoms with Gasteiger partial charge in [0.05, 0.1) is 19.1 Å². The van der Waals surface area contributed by atoms with E-state index in [0.29, 0.717) is 31.1 Å². The molecule has 0 aromatic heterocycles. The van der Waals surface area contributed by atoms with Crippen LogP contribution in [0.4, 0.5) is 0 Å². The first-order valence-electron chi connectivity index (χ1n) is 6.47. The van der Waals surface area contributed by atoms with Crippen LogP contribution in [0.25, 0.3) is 0 Å². The van der Waals surface area contributed by atoms with Gasteiger partial charge in [-0.1, -0.05) is 19.9 Å². The van der Waals surface area contributed by atoms with E-state index in [9.17, 15) is 9.59 Å². The number of esters is 2. The standard InChI is InChI=1S/C14H24O4/c1-6-11(13(15)17-7-2)12(9-10(4)5)14(16)18-8-3/h6,10,12H,7-9H2,1-5H3. The summed E-state index contributed by atoms with van der Waals surface area (Å²) in [6, 6.07) is 0. The minimum absolute atomic E-state index is 0.295. The van der Waals surface area contributed by atoms with Gasteiger partial charge >= 0.3 is 11.9 Å². The topological polar surface area (TPSA) is 52.6 Å². The van der Waals surface area contributed by atoms with Crippen molar-refractivity contribution in [3.63, 3.8) is 0 Å². The molecule has 0 rings (SSSR count). The summed E-state index contributed by atoms with van der Waals surface area (Å²) in [5.41, 5.74) is 0.393. The zero-order valence-electron chi connectivity index (χ0n) is 12.0. The first-order chi connectivity index (χ1) is 8.47. The van der Waals surface area contributed by atoms with Crippen molar-refractivity contribution in [1.82, 2.24) is 0 Å². The van der Waals surface area contributed by atoms with Crippen molar-refractivity contribution in [3.05, 3.63) is 11.6 Å². The molecule has 4 nitrogen and oxygen atoms in total. The van der Waals surface area contributed by atoms with Crippen molar-refractivity contribution in [2.24, 2.45) is 11.8 Å². The van der Waals surface area contributed by atoms with E-state index in [2.05, 4.69) is 0 Å². The number of rotatable bonds is 7. The highest BCUT2D eigenvalue weighted by molar-refractivity contribution is 5.95. The summed E-state index contributed by atoms with van der Waals surface area (Å²) in [6.45, 7) is 9.85. The molecule has 0 aromatic rings. The van der Waals surface area contributed by atoms with Gasteiger partial charge in [0, 0.05) is 5.57 Å². The van der Waals surface area contributed by atoms with Gasteiger partial charge in [-0.05, 0) is 33.1 Å². The third-order valence-corrected chi connectivity index (χ3v) is 2.48. The predicted octanol–water partition coefficient (Wildman–Crippen LogP) is 2.72. The molecule has 0 N–H and O–H groups in total. The maximum atomic E-state index is 11.9. The monoisotopic (exact) mass is 256 g/mol. The first kappa shape index (κ1) is 16.7. The number of ether oxygens (including phenoxy) is 2. The molecule has 4 heteroatoms.